The van der Waals surface area contributed by atoms with Crippen molar-refractivity contribution in [3.63, 3.8) is 0 Å². The van der Waals surface area contributed by atoms with E-state index in [0.29, 0.717) is 11.1 Å². The fraction of sp³-hybridized carbons (Fsp3) is 0.452. The van der Waals surface area contributed by atoms with Crippen LogP contribution in [-0.2, 0) is 19.0 Å². The fourth-order valence-corrected chi connectivity index (χ4v) is 5.61. The second-order valence-corrected chi connectivity index (χ2v) is 11.7. The molecule has 0 unspecified atom stereocenters. The summed E-state index contributed by atoms with van der Waals surface area (Å²) in [6, 6.07) is 6.73. The van der Waals surface area contributed by atoms with Gasteiger partial charge in [0.1, 0.15) is 56.1 Å². The van der Waals surface area contributed by atoms with Crippen LogP contribution in [0.3, 0.4) is 0 Å². The second kappa shape index (κ2) is 14.2. The van der Waals surface area contributed by atoms with Crippen LogP contribution in [0.25, 0.3) is 6.08 Å². The molecule has 2 aliphatic heterocycles. The average Bonchev–Trinajstić information content (AvgIpc) is 3.62. The number of carbonyl (C=O) groups excluding carboxylic acids is 1. The van der Waals surface area contributed by atoms with Crippen LogP contribution in [0.15, 0.2) is 53.6 Å². The third-order valence-corrected chi connectivity index (χ3v) is 8.27. The Hall–Kier alpha value is -3.34. The van der Waals surface area contributed by atoms with Crippen molar-refractivity contribution in [3.8, 4) is 17.2 Å². The largest absolute Gasteiger partial charge is 0.504 e. The number of rotatable bonds is 9. The Kier molecular flexibility index (Phi) is 10.5. The Morgan fingerprint density at radius 1 is 1.02 bits per heavy atom. The van der Waals surface area contributed by atoms with E-state index in [0.717, 1.165) is 6.07 Å². The van der Waals surface area contributed by atoms with Crippen LogP contribution in [0.2, 0.25) is 5.02 Å². The van der Waals surface area contributed by atoms with Gasteiger partial charge in [-0.15, -0.1) is 0 Å². The third kappa shape index (κ3) is 7.14. The number of phenolic OH excluding ortho intramolecular Hbond substituents is 1. The Morgan fingerprint density at radius 3 is 2.41 bits per heavy atom. The summed E-state index contributed by atoms with van der Waals surface area (Å²) in [6.07, 6.45) is -9.45. The fourth-order valence-electron chi connectivity index (χ4n) is 5.45. The molecule has 1 amide bonds. The van der Waals surface area contributed by atoms with Gasteiger partial charge in [-0.25, -0.2) is 8.78 Å². The molecule has 0 radical (unpaired) electrons. The Labute approximate surface area is 267 Å². The highest BCUT2D eigenvalue weighted by Crippen LogP contribution is 2.35. The lowest BCUT2D eigenvalue weighted by atomic mass is 9.83. The monoisotopic (exact) mass is 669 g/mol. The molecule has 3 aliphatic rings. The number of ether oxygens (including phenoxy) is 5. The van der Waals surface area contributed by atoms with Gasteiger partial charge in [-0.1, -0.05) is 17.7 Å². The molecule has 3 fully saturated rings. The van der Waals surface area contributed by atoms with E-state index in [1.807, 2.05) is 0 Å². The number of aliphatic hydroxyl groups excluding tert-OH is 4. The van der Waals surface area contributed by atoms with Crippen molar-refractivity contribution in [2.75, 3.05) is 13.4 Å². The highest BCUT2D eigenvalue weighted by molar-refractivity contribution is 6.30. The lowest BCUT2D eigenvalue weighted by Gasteiger charge is -2.41. The quantitative estimate of drug-likeness (QED) is 0.169. The molecular formula is C31H34ClF2NO11. The number of amides is 1. The number of nitrogens with one attached hydrogen (secondary N) is 1. The van der Waals surface area contributed by atoms with E-state index in [9.17, 15) is 39.1 Å². The van der Waals surface area contributed by atoms with Crippen molar-refractivity contribution in [3.05, 3.63) is 70.0 Å². The van der Waals surface area contributed by atoms with E-state index in [4.69, 9.17) is 35.3 Å². The maximum atomic E-state index is 14.9. The number of aliphatic hydroxyl groups is 4. The Balaban J connectivity index is 1.18. The van der Waals surface area contributed by atoms with Crippen LogP contribution in [-0.4, -0.2) is 106 Å². The summed E-state index contributed by atoms with van der Waals surface area (Å²) in [5.41, 5.74) is 0.889. The van der Waals surface area contributed by atoms with E-state index in [1.165, 1.54) is 49.4 Å². The standard InChI is InChI=1S/C31H34ClF2NO11/c1-13(7-8-42-19-6-4-16(32)11-17(19)33)27-23(37)21(34)31(46-27)45-20-5-3-15(10-18(20)36)9-14(2)30(41)35-22-24(38)26(40)29-28(25(22)39)43-12-44-29/h3-7,9-11,21-29,31,36-40H,8,12H2,1-2H3,(H,35,41)/b13-7+,14-9+/t21-,22+,23-,24-,25+,26+,27+,28-,29+,31+/m0/s1. The van der Waals surface area contributed by atoms with E-state index in [1.54, 1.807) is 6.92 Å². The first-order valence-electron chi connectivity index (χ1n) is 14.3. The van der Waals surface area contributed by atoms with E-state index in [-0.39, 0.29) is 35.5 Å². The molecule has 2 aromatic carbocycles. The van der Waals surface area contributed by atoms with Gasteiger partial charge in [-0.05, 0) is 67.5 Å². The van der Waals surface area contributed by atoms with Gasteiger partial charge in [0.25, 0.3) is 0 Å². The van der Waals surface area contributed by atoms with Gasteiger partial charge in [0.15, 0.2) is 29.2 Å². The molecule has 12 nitrogen and oxygen atoms in total. The minimum Gasteiger partial charge on any atom is -0.504 e. The predicted molar refractivity (Wildman–Crippen MR) is 157 cm³/mol. The first-order valence-corrected chi connectivity index (χ1v) is 14.7. The number of benzene rings is 2. The first-order chi connectivity index (χ1) is 21.8. The number of aromatic hydroxyl groups is 1. The van der Waals surface area contributed by atoms with Crippen LogP contribution in [0, 0.1) is 5.82 Å². The van der Waals surface area contributed by atoms with Crippen molar-refractivity contribution in [2.45, 2.75) is 75.1 Å². The van der Waals surface area contributed by atoms with Crippen LogP contribution in [0.1, 0.15) is 19.4 Å². The highest BCUT2D eigenvalue weighted by atomic mass is 35.5. The number of carbonyl (C=O) groups is 1. The van der Waals surface area contributed by atoms with Crippen LogP contribution in [0.5, 0.6) is 17.2 Å². The van der Waals surface area contributed by atoms with Gasteiger partial charge in [0, 0.05) is 10.6 Å². The molecule has 2 saturated heterocycles. The normalized spacial score (nSPS) is 33.1. The lowest BCUT2D eigenvalue weighted by molar-refractivity contribution is -0.155. The van der Waals surface area contributed by atoms with Crippen LogP contribution < -0.4 is 14.8 Å². The van der Waals surface area contributed by atoms with Gasteiger partial charge in [0.05, 0.1) is 6.04 Å². The zero-order chi connectivity index (χ0) is 33.3. The summed E-state index contributed by atoms with van der Waals surface area (Å²) in [4.78, 5) is 12.8. The molecule has 10 atom stereocenters. The molecule has 2 aromatic rings. The summed E-state index contributed by atoms with van der Waals surface area (Å²) >= 11 is 5.73. The van der Waals surface area contributed by atoms with Crippen molar-refractivity contribution in [1.82, 2.24) is 5.32 Å². The molecule has 1 saturated carbocycles. The molecule has 6 N–H and O–H groups in total. The second-order valence-electron chi connectivity index (χ2n) is 11.2. The molecular weight excluding hydrogens is 636 g/mol. The Bertz CT molecular complexity index is 1490. The third-order valence-electron chi connectivity index (χ3n) is 8.03. The van der Waals surface area contributed by atoms with Crippen LogP contribution >= 0.6 is 11.6 Å². The van der Waals surface area contributed by atoms with Gasteiger partial charge >= 0.3 is 0 Å². The molecule has 46 heavy (non-hydrogen) atoms. The van der Waals surface area contributed by atoms with E-state index < -0.39 is 78.7 Å². The molecule has 5 rings (SSSR count). The van der Waals surface area contributed by atoms with Crippen molar-refractivity contribution in [1.29, 1.82) is 0 Å². The molecule has 2 heterocycles. The summed E-state index contributed by atoms with van der Waals surface area (Å²) < 4.78 is 55.8. The number of alkyl halides is 1. The molecule has 250 valence electrons. The smallest absolute Gasteiger partial charge is 0.247 e. The van der Waals surface area contributed by atoms with Crippen molar-refractivity contribution < 1.29 is 62.8 Å². The zero-order valence-corrected chi connectivity index (χ0v) is 25.4. The zero-order valence-electron chi connectivity index (χ0n) is 24.6. The van der Waals surface area contributed by atoms with Gasteiger partial charge in [-0.2, -0.15) is 0 Å². The first kappa shape index (κ1) is 34.0. The number of fused-ring (bicyclic) bond motifs is 1. The summed E-state index contributed by atoms with van der Waals surface area (Å²) in [6.45, 7) is 2.77. The predicted octanol–water partition coefficient (Wildman–Crippen LogP) is 1.74. The van der Waals surface area contributed by atoms with Crippen LogP contribution in [0.4, 0.5) is 8.78 Å². The SMILES string of the molecule is C/C(=C\c1ccc(O[C@@H]2O[C@H](/C(C)=C/COc3ccc(Cl)cc3F)[C@@H](O)[C@@H]2F)c(O)c1)C(=O)N[C@@H]1[C@H](O)[C@@H](O)[C@H]2OCO[C@H]2[C@@H]1O. The number of hydrogen-bond acceptors (Lipinski definition) is 11. The molecule has 0 spiro atoms. The maximum absolute atomic E-state index is 14.9. The summed E-state index contributed by atoms with van der Waals surface area (Å²) in [7, 11) is 0. The van der Waals surface area contributed by atoms with Gasteiger partial charge in [0.2, 0.25) is 12.2 Å². The van der Waals surface area contributed by atoms with Crippen molar-refractivity contribution >= 4 is 23.6 Å². The van der Waals surface area contributed by atoms with E-state index >= 15 is 0 Å². The average molecular weight is 670 g/mol. The van der Waals surface area contributed by atoms with Crippen molar-refractivity contribution in [2.24, 2.45) is 0 Å². The van der Waals surface area contributed by atoms with E-state index in [2.05, 4.69) is 5.32 Å². The minimum atomic E-state index is -1.98. The molecule has 0 bridgehead atoms. The molecule has 0 aromatic heterocycles. The van der Waals surface area contributed by atoms with Gasteiger partial charge in [-0.3, -0.25) is 4.79 Å². The topological polar surface area (TPSA) is 176 Å². The Morgan fingerprint density at radius 2 is 1.72 bits per heavy atom. The minimum absolute atomic E-state index is 0.0372. The molecule has 15 heteroatoms. The van der Waals surface area contributed by atoms with Gasteiger partial charge < -0.3 is 54.5 Å². The number of hydrogen-bond donors (Lipinski definition) is 6. The summed E-state index contributed by atoms with van der Waals surface area (Å²) in [5.74, 6) is -1.92. The lowest BCUT2D eigenvalue weighted by Crippen LogP contribution is -2.67. The maximum Gasteiger partial charge on any atom is 0.247 e. The number of phenols is 1. The molecule has 1 aliphatic carbocycles. The number of halogens is 3. The highest BCUT2D eigenvalue weighted by Gasteiger charge is 2.53. The summed E-state index contributed by atoms with van der Waals surface area (Å²) in [5, 5.41) is 55.0.